The van der Waals surface area contributed by atoms with Crippen LogP contribution in [-0.2, 0) is 10.8 Å². The Hall–Kier alpha value is -6.00. The number of hydrogen-bond donors (Lipinski definition) is 0. The van der Waals surface area contributed by atoms with Crippen molar-refractivity contribution in [2.24, 2.45) is 0 Å². The third kappa shape index (κ3) is 5.48. The minimum Gasteiger partial charge on any atom is -0.309 e. The lowest BCUT2D eigenvalue weighted by Gasteiger charge is -2.43. The fraction of sp³-hybridized carbons (Fsp3) is 0.143. The van der Waals surface area contributed by atoms with Crippen LogP contribution in [0.1, 0.15) is 51.7 Å². The molecule has 59 heavy (non-hydrogen) atoms. The summed E-state index contributed by atoms with van der Waals surface area (Å²) < 4.78 is 5.17. The van der Waals surface area contributed by atoms with Gasteiger partial charge in [0.2, 0.25) is 0 Å². The molecule has 10 aromatic rings. The molecule has 0 amide bonds. The van der Waals surface area contributed by atoms with Gasteiger partial charge in [-0.2, -0.15) is 0 Å². The van der Waals surface area contributed by atoms with Gasteiger partial charge in [-0.25, -0.2) is 0 Å². The molecule has 0 atom stereocenters. The third-order valence-electron chi connectivity index (χ3n) is 13.7. The van der Waals surface area contributed by atoms with Crippen molar-refractivity contribution in [2.45, 2.75) is 51.4 Å². The van der Waals surface area contributed by atoms with E-state index in [1.165, 1.54) is 104 Å². The van der Waals surface area contributed by atoms with Crippen LogP contribution in [0.4, 0.5) is 0 Å². The Bertz CT molecular complexity index is 3160. The smallest absolute Gasteiger partial charge is 0.179 e. The van der Waals surface area contributed by atoms with E-state index in [-0.39, 0.29) is 10.8 Å². The van der Waals surface area contributed by atoms with Crippen molar-refractivity contribution in [3.63, 3.8) is 0 Å². The Kier molecular flexibility index (Phi) is 8.28. The van der Waals surface area contributed by atoms with Crippen LogP contribution >= 0.6 is 11.3 Å². The molecule has 0 saturated carbocycles. The Labute approximate surface area is 352 Å². The quantitative estimate of drug-likeness (QED) is 0.117. The molecular weight excluding hydrogens is 747 g/mol. The van der Waals surface area contributed by atoms with Crippen LogP contribution in [-0.4, -0.2) is 12.6 Å². The van der Waals surface area contributed by atoms with Crippen LogP contribution in [0.25, 0.3) is 58.8 Å². The van der Waals surface area contributed by atoms with Gasteiger partial charge in [0.1, 0.15) is 0 Å². The molecule has 0 fully saturated rings. The van der Waals surface area contributed by atoms with Crippen LogP contribution in [0, 0.1) is 0 Å². The van der Waals surface area contributed by atoms with E-state index in [1.807, 2.05) is 11.3 Å². The van der Waals surface area contributed by atoms with Gasteiger partial charge >= 0.3 is 0 Å². The summed E-state index contributed by atoms with van der Waals surface area (Å²) >= 11 is 1.90. The predicted octanol–water partition coefficient (Wildman–Crippen LogP) is 12.5. The van der Waals surface area contributed by atoms with E-state index >= 15 is 0 Å². The van der Waals surface area contributed by atoms with E-state index in [4.69, 9.17) is 0 Å². The molecule has 8 aromatic carbocycles. The topological polar surface area (TPSA) is 4.93 Å². The molecule has 2 heterocycles. The summed E-state index contributed by atoms with van der Waals surface area (Å²) in [6, 6.07) is 71.5. The van der Waals surface area contributed by atoms with Gasteiger partial charge in [-0.05, 0) is 91.4 Å². The van der Waals surface area contributed by atoms with Gasteiger partial charge in [-0.15, -0.1) is 11.3 Å². The number of nitrogens with zero attached hydrogens (tertiary/aromatic N) is 1. The average molecular weight is 794 g/mol. The number of fused-ring (bicyclic) bond motifs is 7. The molecule has 3 heteroatoms. The number of aromatic nitrogens is 1. The van der Waals surface area contributed by atoms with Crippen LogP contribution in [0.15, 0.2) is 188 Å². The zero-order chi connectivity index (χ0) is 39.9. The first-order chi connectivity index (χ1) is 28.8. The average Bonchev–Trinajstić information content (AvgIpc) is 3.83. The summed E-state index contributed by atoms with van der Waals surface area (Å²) in [6.07, 6.45) is 2.40. The second kappa shape index (κ2) is 13.5. The SMILES string of the molecule is CC1(C)CCC(C)(C)c2cc([Si](c3ccccc3)(c3ccccc3)c3ccc(-n4c5ccccc5c5c(-c6cccc7c6sc6ccccc67)cccc54)cc3)ccc21. The maximum absolute atomic E-state index is 2.78. The molecule has 0 spiro atoms. The van der Waals surface area contributed by atoms with E-state index in [2.05, 4.69) is 220 Å². The molecule has 0 bridgehead atoms. The summed E-state index contributed by atoms with van der Waals surface area (Å²) in [5.41, 5.74) is 9.48. The molecule has 1 nitrogen and oxygen atoms in total. The molecule has 2 aromatic heterocycles. The zero-order valence-electron chi connectivity index (χ0n) is 34.2. The van der Waals surface area contributed by atoms with Crippen molar-refractivity contribution in [2.75, 3.05) is 0 Å². The van der Waals surface area contributed by atoms with Crippen LogP contribution < -0.4 is 20.7 Å². The first-order valence-corrected chi connectivity index (χ1v) is 23.9. The summed E-state index contributed by atoms with van der Waals surface area (Å²) in [5.74, 6) is 0. The van der Waals surface area contributed by atoms with E-state index in [0.717, 1.165) is 0 Å². The summed E-state index contributed by atoms with van der Waals surface area (Å²) in [4.78, 5) is 0. The minimum absolute atomic E-state index is 0.107. The van der Waals surface area contributed by atoms with Crippen molar-refractivity contribution in [1.82, 2.24) is 4.57 Å². The van der Waals surface area contributed by atoms with Crippen molar-refractivity contribution in [1.29, 1.82) is 0 Å². The fourth-order valence-electron chi connectivity index (χ4n) is 10.5. The van der Waals surface area contributed by atoms with Crippen molar-refractivity contribution in [3.8, 4) is 16.8 Å². The van der Waals surface area contributed by atoms with Gasteiger partial charge < -0.3 is 4.57 Å². The first kappa shape index (κ1) is 36.1. The second-order valence-corrected chi connectivity index (χ2v) is 22.8. The molecule has 0 N–H and O–H groups in total. The van der Waals surface area contributed by atoms with Crippen molar-refractivity contribution < 1.29 is 0 Å². The molecule has 286 valence electrons. The van der Waals surface area contributed by atoms with E-state index in [0.29, 0.717) is 0 Å². The highest BCUT2D eigenvalue weighted by atomic mass is 32.1. The molecule has 1 aliphatic rings. The Balaban J connectivity index is 1.14. The second-order valence-electron chi connectivity index (χ2n) is 17.9. The van der Waals surface area contributed by atoms with E-state index in [1.54, 1.807) is 0 Å². The van der Waals surface area contributed by atoms with Gasteiger partial charge in [0.05, 0.1) is 11.0 Å². The number of thiophene rings is 1. The summed E-state index contributed by atoms with van der Waals surface area (Å²) in [6.45, 7) is 9.77. The number of hydrogen-bond acceptors (Lipinski definition) is 1. The van der Waals surface area contributed by atoms with Gasteiger partial charge in [0.25, 0.3) is 0 Å². The van der Waals surface area contributed by atoms with E-state index in [9.17, 15) is 0 Å². The van der Waals surface area contributed by atoms with Crippen molar-refractivity contribution in [3.05, 3.63) is 199 Å². The molecule has 1 aliphatic carbocycles. The van der Waals surface area contributed by atoms with E-state index < -0.39 is 8.07 Å². The van der Waals surface area contributed by atoms with Crippen LogP contribution in [0.2, 0.25) is 0 Å². The third-order valence-corrected chi connectivity index (χ3v) is 19.6. The monoisotopic (exact) mass is 793 g/mol. The fourth-order valence-corrected chi connectivity index (χ4v) is 16.5. The molecular formula is C56H47NSSi. The summed E-state index contributed by atoms with van der Waals surface area (Å²) in [7, 11) is -2.78. The number of para-hydroxylation sites is 1. The highest BCUT2D eigenvalue weighted by molar-refractivity contribution is 7.26. The normalized spacial score (nSPS) is 14.9. The molecule has 0 saturated heterocycles. The van der Waals surface area contributed by atoms with Gasteiger partial charge in [0, 0.05) is 42.2 Å². The minimum atomic E-state index is -2.78. The highest BCUT2D eigenvalue weighted by Crippen LogP contribution is 2.46. The lowest BCUT2D eigenvalue weighted by Crippen LogP contribution is -2.74. The van der Waals surface area contributed by atoms with Crippen LogP contribution in [0.3, 0.4) is 0 Å². The summed E-state index contributed by atoms with van der Waals surface area (Å²) in [5, 5.41) is 10.9. The molecule has 0 aliphatic heterocycles. The van der Waals surface area contributed by atoms with Crippen LogP contribution in [0.5, 0.6) is 0 Å². The zero-order valence-corrected chi connectivity index (χ0v) is 36.0. The first-order valence-electron chi connectivity index (χ1n) is 21.1. The molecule has 0 unspecified atom stereocenters. The Morgan fingerprint density at radius 3 is 1.71 bits per heavy atom. The number of benzene rings is 8. The maximum atomic E-state index is 2.63. The Morgan fingerprint density at radius 1 is 0.441 bits per heavy atom. The highest BCUT2D eigenvalue weighted by Gasteiger charge is 2.44. The van der Waals surface area contributed by atoms with Crippen molar-refractivity contribution >= 4 is 82.1 Å². The number of rotatable bonds is 6. The standard InChI is InChI=1S/C56H47NSSi/c1-55(2)35-36-56(3,4)49-37-42(33-34-48(49)55)59(39-17-7-5-8-18-39,40-19-9-6-10-20-40)41-31-29-38(30-32-41)57-50-26-13-11-22-47(50)53-44(23-16-27-51(53)57)46-25-15-24-45-43-21-12-14-28-52(43)58-54(45)46/h5-34,37H,35-36H2,1-4H3. The maximum Gasteiger partial charge on any atom is 0.179 e. The Morgan fingerprint density at radius 2 is 0.983 bits per heavy atom. The predicted molar refractivity (Wildman–Crippen MR) is 258 cm³/mol. The molecule has 11 rings (SSSR count). The van der Waals surface area contributed by atoms with Gasteiger partial charge in [0.15, 0.2) is 8.07 Å². The van der Waals surface area contributed by atoms with Gasteiger partial charge in [-0.1, -0.05) is 185 Å². The van der Waals surface area contributed by atoms with Gasteiger partial charge in [-0.3, -0.25) is 0 Å². The largest absolute Gasteiger partial charge is 0.309 e. The molecule has 0 radical (unpaired) electrons. The lowest BCUT2D eigenvalue weighted by atomic mass is 9.63. The lowest BCUT2D eigenvalue weighted by molar-refractivity contribution is 0.332.